The van der Waals surface area contributed by atoms with Crippen molar-refractivity contribution in [3.05, 3.63) is 29.6 Å². The Morgan fingerprint density at radius 3 is 2.42 bits per heavy atom. The first-order valence-electron chi connectivity index (χ1n) is 10.2. The molecule has 1 aromatic heterocycles. The lowest BCUT2D eigenvalue weighted by atomic mass is 9.80. The van der Waals surface area contributed by atoms with E-state index < -0.39 is 48.2 Å². The number of carbonyl (C=O) groups excluding carboxylic acids is 1. The fraction of sp³-hybridized carbons (Fsp3) is 0.619. The number of fused-ring (bicyclic) bond motifs is 1. The van der Waals surface area contributed by atoms with Gasteiger partial charge in [0, 0.05) is 6.42 Å². The molecule has 10 heteroatoms. The molecule has 0 radical (unpaired) electrons. The van der Waals surface area contributed by atoms with Gasteiger partial charge in [-0.2, -0.15) is 13.2 Å². The highest BCUT2D eigenvalue weighted by Gasteiger charge is 2.48. The van der Waals surface area contributed by atoms with Crippen LogP contribution in [0.2, 0.25) is 0 Å². The summed E-state index contributed by atoms with van der Waals surface area (Å²) < 4.78 is 65.7. The molecule has 0 aliphatic heterocycles. The molecule has 2 aromatic rings. The molecule has 0 spiro atoms. The summed E-state index contributed by atoms with van der Waals surface area (Å²) in [6, 6.07) is 4.10. The van der Waals surface area contributed by atoms with Gasteiger partial charge in [0.15, 0.2) is 0 Å². The van der Waals surface area contributed by atoms with Gasteiger partial charge in [0.1, 0.15) is 5.82 Å². The number of primary amides is 1. The molecular formula is C21H27F5N4O. The number of nitrogens with zero attached hydrogens (tertiary/aromatic N) is 1. The number of hydrogen-bond donors (Lipinski definition) is 3. The van der Waals surface area contributed by atoms with Crippen LogP contribution in [0.15, 0.2) is 18.2 Å². The highest BCUT2D eigenvalue weighted by atomic mass is 19.4. The Balaban J connectivity index is 1.90. The van der Waals surface area contributed by atoms with Crippen LogP contribution < -0.4 is 11.5 Å². The maximum Gasteiger partial charge on any atom is 0.394 e. The van der Waals surface area contributed by atoms with Crippen molar-refractivity contribution in [2.24, 2.45) is 28.7 Å². The Labute approximate surface area is 176 Å². The maximum atomic E-state index is 13.2. The summed E-state index contributed by atoms with van der Waals surface area (Å²) in [5.74, 6) is -1.90. The zero-order valence-corrected chi connectivity index (χ0v) is 17.3. The van der Waals surface area contributed by atoms with E-state index in [1.807, 2.05) is 0 Å². The van der Waals surface area contributed by atoms with E-state index in [0.717, 1.165) is 26.7 Å². The van der Waals surface area contributed by atoms with E-state index >= 15 is 0 Å². The molecular weight excluding hydrogens is 419 g/mol. The van der Waals surface area contributed by atoms with Crippen LogP contribution >= 0.6 is 0 Å². The third-order valence-electron chi connectivity index (χ3n) is 6.12. The van der Waals surface area contributed by atoms with Crippen LogP contribution in [0.3, 0.4) is 0 Å². The molecule has 3 rings (SSSR count). The number of alkyl halides is 5. The van der Waals surface area contributed by atoms with Crippen molar-refractivity contribution in [1.29, 1.82) is 0 Å². The SMILES string of the molecule is CC(C)(C[C@H](N)c1nc2ccc([C@H](C3CC3)C(CC(F)F)C(N)=O)cc2[nH]1)C(F)(F)F. The molecule has 0 bridgehead atoms. The predicted molar refractivity (Wildman–Crippen MR) is 106 cm³/mol. The van der Waals surface area contributed by atoms with E-state index in [1.165, 1.54) is 0 Å². The molecule has 1 fully saturated rings. The standard InChI is InChI=1S/C21H27F5N4O/c1-20(2,21(24,25)26)9-13(27)19-29-14-6-5-11(7-15(14)30-19)17(10-3-4-10)12(18(28)31)8-16(22)23/h5-7,10,12-13,16-17H,3-4,8-9,27H2,1-2H3,(H2,28,31)(H,29,30)/t12?,13-,17-/m0/s1. The zero-order valence-electron chi connectivity index (χ0n) is 17.3. The molecule has 5 nitrogen and oxygen atoms in total. The number of imidazole rings is 1. The molecule has 1 aliphatic rings. The van der Waals surface area contributed by atoms with Crippen LogP contribution in [0, 0.1) is 17.3 Å². The highest BCUT2D eigenvalue weighted by Crippen LogP contribution is 2.48. The summed E-state index contributed by atoms with van der Waals surface area (Å²) in [5, 5.41) is 0. The van der Waals surface area contributed by atoms with Gasteiger partial charge in [0.2, 0.25) is 12.3 Å². The van der Waals surface area contributed by atoms with E-state index in [4.69, 9.17) is 11.5 Å². The van der Waals surface area contributed by atoms with Gasteiger partial charge < -0.3 is 16.5 Å². The molecule has 31 heavy (non-hydrogen) atoms. The minimum absolute atomic E-state index is 0.0888. The van der Waals surface area contributed by atoms with E-state index in [2.05, 4.69) is 9.97 Å². The minimum Gasteiger partial charge on any atom is -0.369 e. The number of nitrogens with one attached hydrogen (secondary N) is 1. The zero-order chi connectivity index (χ0) is 23.1. The lowest BCUT2D eigenvalue weighted by Crippen LogP contribution is -2.35. The van der Waals surface area contributed by atoms with Gasteiger partial charge in [-0.3, -0.25) is 4.79 Å². The van der Waals surface area contributed by atoms with Gasteiger partial charge in [0.25, 0.3) is 0 Å². The average molecular weight is 446 g/mol. The number of halogens is 5. The first-order chi connectivity index (χ1) is 14.3. The summed E-state index contributed by atoms with van der Waals surface area (Å²) >= 11 is 0. The Hall–Kier alpha value is -2.23. The molecule has 1 unspecified atom stereocenters. The van der Waals surface area contributed by atoms with E-state index in [9.17, 15) is 26.7 Å². The maximum absolute atomic E-state index is 13.2. The average Bonchev–Trinajstić information content (AvgIpc) is 3.36. The number of aromatic nitrogens is 2. The summed E-state index contributed by atoms with van der Waals surface area (Å²) in [5.41, 5.74) is 11.2. The van der Waals surface area contributed by atoms with E-state index in [0.29, 0.717) is 16.6 Å². The molecule has 3 atom stereocenters. The number of hydrogen-bond acceptors (Lipinski definition) is 3. The van der Waals surface area contributed by atoms with Crippen molar-refractivity contribution in [3.8, 4) is 0 Å². The quantitative estimate of drug-likeness (QED) is 0.483. The molecule has 1 amide bonds. The predicted octanol–water partition coefficient (Wildman–Crippen LogP) is 4.79. The van der Waals surface area contributed by atoms with Gasteiger partial charge in [-0.25, -0.2) is 13.8 Å². The number of aromatic amines is 1. The Bertz CT molecular complexity index is 935. The molecule has 1 saturated carbocycles. The normalized spacial score (nSPS) is 18.4. The van der Waals surface area contributed by atoms with E-state index in [-0.39, 0.29) is 18.2 Å². The smallest absolute Gasteiger partial charge is 0.369 e. The highest BCUT2D eigenvalue weighted by molar-refractivity contribution is 5.79. The van der Waals surface area contributed by atoms with Crippen molar-refractivity contribution in [2.45, 2.75) is 64.1 Å². The number of benzene rings is 1. The third-order valence-corrected chi connectivity index (χ3v) is 6.12. The largest absolute Gasteiger partial charge is 0.394 e. The topological polar surface area (TPSA) is 97.8 Å². The molecule has 5 N–H and O–H groups in total. The summed E-state index contributed by atoms with van der Waals surface area (Å²) in [6.07, 6.45) is -6.39. The van der Waals surface area contributed by atoms with Crippen LogP contribution in [0.5, 0.6) is 0 Å². The van der Waals surface area contributed by atoms with Crippen LogP contribution in [-0.2, 0) is 4.79 Å². The number of carbonyl (C=O) groups is 1. The van der Waals surface area contributed by atoms with Crippen LogP contribution in [-0.4, -0.2) is 28.5 Å². The van der Waals surface area contributed by atoms with Gasteiger partial charge in [-0.1, -0.05) is 19.9 Å². The second-order valence-electron chi connectivity index (χ2n) is 9.09. The molecule has 172 valence electrons. The Morgan fingerprint density at radius 2 is 1.90 bits per heavy atom. The fourth-order valence-corrected chi connectivity index (χ4v) is 4.11. The fourth-order valence-electron chi connectivity index (χ4n) is 4.11. The van der Waals surface area contributed by atoms with Crippen molar-refractivity contribution < 1.29 is 26.7 Å². The Kier molecular flexibility index (Phi) is 6.32. The van der Waals surface area contributed by atoms with Gasteiger partial charge in [-0.15, -0.1) is 0 Å². The summed E-state index contributed by atoms with van der Waals surface area (Å²) in [6.45, 7) is 2.17. The first kappa shape index (κ1) is 23.4. The second kappa shape index (κ2) is 8.37. The number of H-pyrrole nitrogens is 1. The monoisotopic (exact) mass is 446 g/mol. The van der Waals surface area contributed by atoms with Crippen LogP contribution in [0.25, 0.3) is 11.0 Å². The number of amides is 1. The van der Waals surface area contributed by atoms with Gasteiger partial charge in [0.05, 0.1) is 28.4 Å². The lowest BCUT2D eigenvalue weighted by molar-refractivity contribution is -0.215. The van der Waals surface area contributed by atoms with Crippen molar-refractivity contribution in [3.63, 3.8) is 0 Å². The summed E-state index contributed by atoms with van der Waals surface area (Å²) in [4.78, 5) is 19.2. The van der Waals surface area contributed by atoms with Crippen molar-refractivity contribution in [1.82, 2.24) is 9.97 Å². The van der Waals surface area contributed by atoms with Gasteiger partial charge in [-0.05, 0) is 48.8 Å². The lowest BCUT2D eigenvalue weighted by Gasteiger charge is -2.29. The van der Waals surface area contributed by atoms with Crippen molar-refractivity contribution >= 4 is 16.9 Å². The number of rotatable bonds is 9. The van der Waals surface area contributed by atoms with Crippen LogP contribution in [0.4, 0.5) is 22.0 Å². The second-order valence-corrected chi connectivity index (χ2v) is 9.09. The Morgan fingerprint density at radius 1 is 1.26 bits per heavy atom. The van der Waals surface area contributed by atoms with Crippen LogP contribution in [0.1, 0.15) is 62.9 Å². The molecule has 0 saturated heterocycles. The number of nitrogens with two attached hydrogens (primary N) is 2. The van der Waals surface area contributed by atoms with E-state index in [1.54, 1.807) is 18.2 Å². The molecule has 1 heterocycles. The summed E-state index contributed by atoms with van der Waals surface area (Å²) in [7, 11) is 0. The molecule has 1 aromatic carbocycles. The minimum atomic E-state index is -4.41. The molecule has 1 aliphatic carbocycles. The van der Waals surface area contributed by atoms with Crippen molar-refractivity contribution in [2.75, 3.05) is 0 Å². The third kappa shape index (κ3) is 5.16. The first-order valence-corrected chi connectivity index (χ1v) is 10.2. The van der Waals surface area contributed by atoms with Gasteiger partial charge >= 0.3 is 6.18 Å².